The zero-order valence-electron chi connectivity index (χ0n) is 7.72. The maximum Gasteiger partial charge on any atom is 0.262 e. The van der Waals surface area contributed by atoms with Crippen molar-refractivity contribution in [2.45, 2.75) is 0 Å². The van der Waals surface area contributed by atoms with Crippen LogP contribution in [0.4, 0.5) is 0 Å². The summed E-state index contributed by atoms with van der Waals surface area (Å²) in [4.78, 5) is 8.07. The van der Waals surface area contributed by atoms with Crippen molar-refractivity contribution in [1.82, 2.24) is 25.3 Å². The molecule has 0 bridgehead atoms. The summed E-state index contributed by atoms with van der Waals surface area (Å²) in [6.45, 7) is 0. The topological polar surface area (TPSA) is 93.6 Å². The van der Waals surface area contributed by atoms with Crippen molar-refractivity contribution in [3.05, 3.63) is 23.3 Å². The molecule has 0 spiro atoms. The first-order valence-corrected chi connectivity index (χ1v) is 5.06. The zero-order valence-corrected chi connectivity index (χ0v) is 9.30. The van der Waals surface area contributed by atoms with Gasteiger partial charge in [-0.2, -0.15) is 10.1 Å². The van der Waals surface area contributed by atoms with Crippen LogP contribution in [0.1, 0.15) is 0 Å². The second-order valence-electron chi connectivity index (χ2n) is 2.87. The highest BCUT2D eigenvalue weighted by Crippen LogP contribution is 2.28. The van der Waals surface area contributed by atoms with Crippen molar-refractivity contribution >= 4 is 15.9 Å². The molecule has 1 N–H and O–H groups in total. The van der Waals surface area contributed by atoms with Crippen LogP contribution < -0.4 is 0 Å². The molecule has 7 nitrogen and oxygen atoms in total. The van der Waals surface area contributed by atoms with E-state index in [1.165, 1.54) is 12.6 Å². The molecule has 0 saturated carbocycles. The molecule has 0 aliphatic rings. The Kier molecular flexibility index (Phi) is 2.07. The molecule has 0 unspecified atom stereocenters. The molecule has 3 heterocycles. The van der Waals surface area contributed by atoms with E-state index in [0.29, 0.717) is 27.8 Å². The van der Waals surface area contributed by atoms with Crippen molar-refractivity contribution in [3.8, 4) is 23.1 Å². The quantitative estimate of drug-likeness (QED) is 0.771. The highest BCUT2D eigenvalue weighted by Gasteiger charge is 2.16. The van der Waals surface area contributed by atoms with Gasteiger partial charge in [0.05, 0.1) is 11.8 Å². The third-order valence-electron chi connectivity index (χ3n) is 1.90. The van der Waals surface area contributed by atoms with E-state index in [1.807, 2.05) is 0 Å². The summed E-state index contributed by atoms with van der Waals surface area (Å²) in [6, 6.07) is 1.72. The standard InChI is InChI=1S/C8H4BrN5O2/c9-5-4(1-2-15-5)8-12-7(14-16-8)6-10-3-11-13-6/h1-3H,(H,10,11,13). The van der Waals surface area contributed by atoms with Crippen LogP contribution in [0.15, 0.2) is 32.3 Å². The van der Waals surface area contributed by atoms with Gasteiger partial charge in [-0.3, -0.25) is 5.10 Å². The largest absolute Gasteiger partial charge is 0.457 e. The first kappa shape index (κ1) is 9.28. The number of hydrogen-bond donors (Lipinski definition) is 1. The third kappa shape index (κ3) is 1.43. The molecule has 0 atom stereocenters. The van der Waals surface area contributed by atoms with Gasteiger partial charge in [0, 0.05) is 0 Å². The van der Waals surface area contributed by atoms with Crippen LogP contribution in [0, 0.1) is 0 Å². The summed E-state index contributed by atoms with van der Waals surface area (Å²) in [5, 5.41) is 10.1. The number of nitrogens with zero attached hydrogens (tertiary/aromatic N) is 4. The number of nitrogens with one attached hydrogen (secondary N) is 1. The molecule has 0 saturated heterocycles. The van der Waals surface area contributed by atoms with Crippen molar-refractivity contribution in [2.75, 3.05) is 0 Å². The number of aromatic nitrogens is 5. The SMILES string of the molecule is Brc1occc1-c1nc(-c2ncn[nH]2)no1. The van der Waals surface area contributed by atoms with E-state index in [-0.39, 0.29) is 0 Å². The molecule has 8 heteroatoms. The molecule has 0 radical (unpaired) electrons. The second-order valence-corrected chi connectivity index (χ2v) is 3.59. The Morgan fingerprint density at radius 1 is 1.38 bits per heavy atom. The van der Waals surface area contributed by atoms with Gasteiger partial charge in [-0.05, 0) is 22.0 Å². The van der Waals surface area contributed by atoms with Crippen LogP contribution in [0.3, 0.4) is 0 Å². The van der Waals surface area contributed by atoms with Gasteiger partial charge < -0.3 is 8.94 Å². The van der Waals surface area contributed by atoms with E-state index in [4.69, 9.17) is 8.94 Å². The highest BCUT2D eigenvalue weighted by atomic mass is 79.9. The summed E-state index contributed by atoms with van der Waals surface area (Å²) >= 11 is 3.23. The monoisotopic (exact) mass is 281 g/mol. The van der Waals surface area contributed by atoms with Gasteiger partial charge in [-0.25, -0.2) is 4.98 Å². The number of rotatable bonds is 2. The Morgan fingerprint density at radius 3 is 3.00 bits per heavy atom. The van der Waals surface area contributed by atoms with E-state index in [1.54, 1.807) is 6.07 Å². The third-order valence-corrected chi connectivity index (χ3v) is 2.52. The van der Waals surface area contributed by atoms with Crippen LogP contribution in [0.2, 0.25) is 0 Å². The second kappa shape index (κ2) is 3.56. The van der Waals surface area contributed by atoms with Gasteiger partial charge >= 0.3 is 0 Å². The molecule has 0 aromatic carbocycles. The first-order chi connectivity index (χ1) is 7.84. The molecule has 16 heavy (non-hydrogen) atoms. The lowest BCUT2D eigenvalue weighted by molar-refractivity contribution is 0.430. The van der Waals surface area contributed by atoms with E-state index in [2.05, 4.69) is 41.3 Å². The molecule has 0 fully saturated rings. The van der Waals surface area contributed by atoms with Gasteiger partial charge in [0.25, 0.3) is 5.89 Å². The van der Waals surface area contributed by atoms with Crippen molar-refractivity contribution in [1.29, 1.82) is 0 Å². The lowest BCUT2D eigenvalue weighted by Crippen LogP contribution is -1.83. The number of hydrogen-bond acceptors (Lipinski definition) is 6. The van der Waals surface area contributed by atoms with Crippen LogP contribution in [0.5, 0.6) is 0 Å². The van der Waals surface area contributed by atoms with Gasteiger partial charge in [0.1, 0.15) is 6.33 Å². The molecular weight excluding hydrogens is 278 g/mol. The van der Waals surface area contributed by atoms with E-state index in [0.717, 1.165) is 0 Å². The number of H-pyrrole nitrogens is 1. The minimum absolute atomic E-state index is 0.348. The van der Waals surface area contributed by atoms with Gasteiger partial charge in [-0.1, -0.05) is 5.16 Å². The zero-order chi connectivity index (χ0) is 11.0. The van der Waals surface area contributed by atoms with Crippen LogP contribution >= 0.6 is 15.9 Å². The summed E-state index contributed by atoms with van der Waals surface area (Å²) < 4.78 is 10.7. The normalized spacial score (nSPS) is 10.8. The Hall–Kier alpha value is -1.96. The predicted molar refractivity (Wildman–Crippen MR) is 55.1 cm³/mol. The van der Waals surface area contributed by atoms with Crippen LogP contribution in [-0.4, -0.2) is 25.3 Å². The first-order valence-electron chi connectivity index (χ1n) is 4.27. The molecule has 3 aromatic rings. The lowest BCUT2D eigenvalue weighted by atomic mass is 10.3. The smallest absolute Gasteiger partial charge is 0.262 e. The van der Waals surface area contributed by atoms with E-state index in [9.17, 15) is 0 Å². The average Bonchev–Trinajstić information content (AvgIpc) is 2.96. The fourth-order valence-corrected chi connectivity index (χ4v) is 1.60. The number of aromatic amines is 1. The highest BCUT2D eigenvalue weighted by molar-refractivity contribution is 9.10. The van der Waals surface area contributed by atoms with E-state index >= 15 is 0 Å². The van der Waals surface area contributed by atoms with Crippen molar-refractivity contribution in [2.24, 2.45) is 0 Å². The van der Waals surface area contributed by atoms with E-state index < -0.39 is 0 Å². The fraction of sp³-hybridized carbons (Fsp3) is 0. The molecule has 0 aliphatic carbocycles. The maximum absolute atomic E-state index is 5.07. The van der Waals surface area contributed by atoms with Crippen LogP contribution in [0.25, 0.3) is 23.1 Å². The Morgan fingerprint density at radius 2 is 2.31 bits per heavy atom. The molecule has 80 valence electrons. The number of furan rings is 1. The van der Waals surface area contributed by atoms with Crippen molar-refractivity contribution < 1.29 is 8.94 Å². The minimum atomic E-state index is 0.348. The summed E-state index contributed by atoms with van der Waals surface area (Å²) in [7, 11) is 0. The fourth-order valence-electron chi connectivity index (χ4n) is 1.19. The van der Waals surface area contributed by atoms with Gasteiger partial charge in [0.2, 0.25) is 5.82 Å². The Labute approximate surface area is 97.0 Å². The molecular formula is C8H4BrN5O2. The predicted octanol–water partition coefficient (Wildman–Crippen LogP) is 1.88. The summed E-state index contributed by atoms with van der Waals surface area (Å²) in [5.41, 5.74) is 0.693. The summed E-state index contributed by atoms with van der Waals surface area (Å²) in [5.74, 6) is 1.15. The van der Waals surface area contributed by atoms with Crippen LogP contribution in [-0.2, 0) is 0 Å². The maximum atomic E-state index is 5.07. The average molecular weight is 282 g/mol. The molecule has 0 aliphatic heterocycles. The molecule has 3 rings (SSSR count). The minimum Gasteiger partial charge on any atom is -0.457 e. The lowest BCUT2D eigenvalue weighted by Gasteiger charge is -1.85. The number of halogens is 1. The van der Waals surface area contributed by atoms with Gasteiger partial charge in [0.15, 0.2) is 10.5 Å². The van der Waals surface area contributed by atoms with Gasteiger partial charge in [-0.15, -0.1) is 0 Å². The Bertz CT molecular complexity index is 600. The molecule has 0 amide bonds. The Balaban J connectivity index is 2.03. The van der Waals surface area contributed by atoms with Crippen molar-refractivity contribution in [3.63, 3.8) is 0 Å². The summed E-state index contributed by atoms with van der Waals surface area (Å²) in [6.07, 6.45) is 2.90. The molecule has 3 aromatic heterocycles.